The third-order valence-corrected chi connectivity index (χ3v) is 5.87. The molecule has 1 aliphatic carbocycles. The van der Waals surface area contributed by atoms with Gasteiger partial charge in [0.1, 0.15) is 11.1 Å². The van der Waals surface area contributed by atoms with Crippen molar-refractivity contribution in [3.63, 3.8) is 0 Å². The van der Waals surface area contributed by atoms with Crippen molar-refractivity contribution in [3.05, 3.63) is 23.4 Å². The van der Waals surface area contributed by atoms with Crippen molar-refractivity contribution in [2.75, 3.05) is 33.3 Å². The van der Waals surface area contributed by atoms with E-state index in [1.54, 1.807) is 0 Å². The van der Waals surface area contributed by atoms with Crippen LogP contribution in [0.1, 0.15) is 12.8 Å². The molecular weight excluding hydrogens is 405 g/mol. The van der Waals surface area contributed by atoms with Gasteiger partial charge < -0.3 is 19.5 Å². The third kappa shape index (κ3) is 3.99. The van der Waals surface area contributed by atoms with E-state index in [9.17, 15) is 13.8 Å². The summed E-state index contributed by atoms with van der Waals surface area (Å²) in [5.74, 6) is -2.75. The fourth-order valence-corrected chi connectivity index (χ4v) is 4.23. The van der Waals surface area contributed by atoms with E-state index in [2.05, 4.69) is 11.9 Å². The van der Waals surface area contributed by atoms with E-state index < -0.39 is 39.3 Å². The fraction of sp³-hybridized carbons (Fsp3) is 0.625. The summed E-state index contributed by atoms with van der Waals surface area (Å²) in [6, 6.07) is -0.923. The second-order valence-corrected chi connectivity index (χ2v) is 8.20. The summed E-state index contributed by atoms with van der Waals surface area (Å²) in [5, 5.41) is 2.62. The first-order valence-electron chi connectivity index (χ1n) is 7.64. The SMILES string of the molecule is C=CC[C@@]1(Cl)C(=O)C(Cl)=C(N[C@@H](CCS(C)=O)C(=O)OC)C1(OC)OC. The molecule has 0 aromatic heterocycles. The molecule has 1 unspecified atom stereocenters. The van der Waals surface area contributed by atoms with E-state index in [0.717, 1.165) is 0 Å². The molecule has 0 fully saturated rings. The number of ether oxygens (including phenoxy) is 3. The summed E-state index contributed by atoms with van der Waals surface area (Å²) >= 11 is 12.8. The monoisotopic (exact) mass is 427 g/mol. The van der Waals surface area contributed by atoms with Gasteiger partial charge in [-0.3, -0.25) is 9.00 Å². The van der Waals surface area contributed by atoms with E-state index in [4.69, 9.17) is 37.4 Å². The lowest BCUT2D eigenvalue weighted by molar-refractivity contribution is -0.199. The Labute approximate surface area is 165 Å². The Morgan fingerprint density at radius 3 is 2.38 bits per heavy atom. The number of alkyl halides is 1. The standard InChI is InChI=1S/C16H23Cl2NO6S/c1-6-8-15(18)13(20)11(17)12(16(15,24-3)25-4)19-10(14(21)23-2)7-9-26(5)22/h6,10,19H,1,7-9H2,2-5H3/t10-,15+,26?/m0/s1. The molecule has 3 atom stereocenters. The first-order valence-corrected chi connectivity index (χ1v) is 10.1. The lowest BCUT2D eigenvalue weighted by Crippen LogP contribution is -2.58. The van der Waals surface area contributed by atoms with Gasteiger partial charge in [-0.2, -0.15) is 0 Å². The maximum Gasteiger partial charge on any atom is 0.328 e. The molecule has 1 aliphatic rings. The number of hydrogen-bond acceptors (Lipinski definition) is 7. The first kappa shape index (κ1) is 23.1. The van der Waals surface area contributed by atoms with Gasteiger partial charge in [-0.05, 0) is 12.8 Å². The number of hydrogen-bond donors (Lipinski definition) is 1. The van der Waals surface area contributed by atoms with Crippen LogP contribution in [0.15, 0.2) is 23.4 Å². The molecule has 0 spiro atoms. The highest BCUT2D eigenvalue weighted by atomic mass is 35.5. The zero-order valence-electron chi connectivity index (χ0n) is 15.1. The van der Waals surface area contributed by atoms with E-state index in [-0.39, 0.29) is 29.3 Å². The van der Waals surface area contributed by atoms with Gasteiger partial charge >= 0.3 is 5.97 Å². The molecule has 10 heteroatoms. The molecular formula is C16H23Cl2NO6S. The van der Waals surface area contributed by atoms with Crippen LogP contribution in [0.5, 0.6) is 0 Å². The smallest absolute Gasteiger partial charge is 0.328 e. The van der Waals surface area contributed by atoms with Crippen LogP contribution >= 0.6 is 23.2 Å². The Hall–Kier alpha value is -0.930. The predicted molar refractivity (Wildman–Crippen MR) is 101 cm³/mol. The molecule has 0 saturated carbocycles. The largest absolute Gasteiger partial charge is 0.467 e. The number of Topliss-reactive ketones (excluding diaryl/α,β-unsaturated/α-hetero) is 1. The molecule has 0 heterocycles. The number of methoxy groups -OCH3 is 3. The number of halogens is 2. The molecule has 0 aliphatic heterocycles. The van der Waals surface area contributed by atoms with Crippen LogP contribution in [0, 0.1) is 0 Å². The quantitative estimate of drug-likeness (QED) is 0.244. The Morgan fingerprint density at radius 1 is 1.38 bits per heavy atom. The third-order valence-electron chi connectivity index (χ3n) is 4.13. The summed E-state index contributed by atoms with van der Waals surface area (Å²) in [7, 11) is 2.71. The molecule has 0 aromatic rings. The van der Waals surface area contributed by atoms with Crippen LogP contribution in [0.4, 0.5) is 0 Å². The maximum atomic E-state index is 12.7. The van der Waals surface area contributed by atoms with Crippen molar-refractivity contribution >= 4 is 45.8 Å². The van der Waals surface area contributed by atoms with E-state index in [0.29, 0.717) is 0 Å². The highest BCUT2D eigenvalue weighted by Crippen LogP contribution is 2.50. The molecule has 1 N–H and O–H groups in total. The minimum absolute atomic E-state index is 0.0122. The lowest BCUT2D eigenvalue weighted by Gasteiger charge is -2.40. The van der Waals surface area contributed by atoms with Gasteiger partial charge in [0.2, 0.25) is 11.6 Å². The Balaban J connectivity index is 3.36. The number of esters is 1. The van der Waals surface area contributed by atoms with Crippen LogP contribution in [-0.2, 0) is 34.6 Å². The van der Waals surface area contributed by atoms with Gasteiger partial charge in [-0.1, -0.05) is 17.7 Å². The number of carbonyl (C=O) groups is 2. The molecule has 148 valence electrons. The summed E-state index contributed by atoms with van der Waals surface area (Å²) in [6.07, 6.45) is 3.15. The van der Waals surface area contributed by atoms with Gasteiger partial charge in [0.15, 0.2) is 4.87 Å². The van der Waals surface area contributed by atoms with Crippen LogP contribution < -0.4 is 5.32 Å². The zero-order valence-corrected chi connectivity index (χ0v) is 17.4. The second-order valence-electron chi connectivity index (χ2n) is 5.62. The van der Waals surface area contributed by atoms with Crippen molar-refractivity contribution in [3.8, 4) is 0 Å². The fourth-order valence-electron chi connectivity index (χ4n) is 2.82. The zero-order chi connectivity index (χ0) is 20.1. The number of allylic oxidation sites excluding steroid dienone is 2. The highest BCUT2D eigenvalue weighted by Gasteiger charge is 2.66. The van der Waals surface area contributed by atoms with Crippen LogP contribution in [-0.4, -0.2) is 66.0 Å². The van der Waals surface area contributed by atoms with Crippen molar-refractivity contribution in [2.45, 2.75) is 29.5 Å². The number of carbonyl (C=O) groups excluding carboxylic acids is 2. The number of rotatable bonds is 10. The van der Waals surface area contributed by atoms with Crippen LogP contribution in [0.25, 0.3) is 0 Å². The van der Waals surface area contributed by atoms with Crippen molar-refractivity contribution in [1.82, 2.24) is 5.32 Å². The van der Waals surface area contributed by atoms with E-state index in [1.165, 1.54) is 33.7 Å². The van der Waals surface area contributed by atoms with Gasteiger partial charge in [-0.15, -0.1) is 18.2 Å². The molecule has 0 saturated heterocycles. The Morgan fingerprint density at radius 2 is 1.96 bits per heavy atom. The number of nitrogens with one attached hydrogen (secondary N) is 1. The maximum absolute atomic E-state index is 12.7. The number of ketones is 1. The normalized spacial score (nSPS) is 24.3. The average Bonchev–Trinajstić information content (AvgIpc) is 2.76. The molecule has 0 radical (unpaired) electrons. The highest BCUT2D eigenvalue weighted by molar-refractivity contribution is 7.84. The van der Waals surface area contributed by atoms with E-state index in [1.807, 2.05) is 0 Å². The van der Waals surface area contributed by atoms with Crippen molar-refractivity contribution in [1.29, 1.82) is 0 Å². The Kier molecular flexibility index (Phi) is 8.29. The molecule has 1 rings (SSSR count). The van der Waals surface area contributed by atoms with Crippen LogP contribution in [0.2, 0.25) is 0 Å². The van der Waals surface area contributed by atoms with Gasteiger partial charge in [0.05, 0.1) is 12.8 Å². The first-order chi connectivity index (χ1) is 12.1. The molecule has 0 aromatic carbocycles. The van der Waals surface area contributed by atoms with Crippen molar-refractivity contribution in [2.24, 2.45) is 0 Å². The molecule has 7 nitrogen and oxygen atoms in total. The van der Waals surface area contributed by atoms with Gasteiger partial charge in [0, 0.05) is 37.0 Å². The lowest BCUT2D eigenvalue weighted by atomic mass is 9.93. The summed E-state index contributed by atoms with van der Waals surface area (Å²) in [5.41, 5.74) is 0.0169. The van der Waals surface area contributed by atoms with Crippen molar-refractivity contribution < 1.29 is 28.0 Å². The molecule has 0 bridgehead atoms. The molecule has 26 heavy (non-hydrogen) atoms. The summed E-state index contributed by atoms with van der Waals surface area (Å²) in [4.78, 5) is 23.1. The second kappa shape index (κ2) is 9.32. The van der Waals surface area contributed by atoms with Gasteiger partial charge in [-0.25, -0.2) is 4.79 Å². The summed E-state index contributed by atoms with van der Waals surface area (Å²) < 4.78 is 27.1. The van der Waals surface area contributed by atoms with E-state index >= 15 is 0 Å². The minimum atomic E-state index is -1.76. The van der Waals surface area contributed by atoms with Gasteiger partial charge in [0.25, 0.3) is 0 Å². The average molecular weight is 428 g/mol. The van der Waals surface area contributed by atoms with Crippen LogP contribution in [0.3, 0.4) is 0 Å². The Bertz CT molecular complexity index is 634. The molecule has 0 amide bonds. The predicted octanol–water partition coefficient (Wildman–Crippen LogP) is 1.46. The minimum Gasteiger partial charge on any atom is -0.467 e. The summed E-state index contributed by atoms with van der Waals surface area (Å²) in [6.45, 7) is 3.60. The topological polar surface area (TPSA) is 90.9 Å².